The lowest BCUT2D eigenvalue weighted by Crippen LogP contribution is -2.48. The Morgan fingerprint density at radius 3 is 2.40 bits per heavy atom. The van der Waals surface area contributed by atoms with Crippen molar-refractivity contribution in [3.05, 3.63) is 30.1 Å². The lowest BCUT2D eigenvalue weighted by Gasteiger charge is -2.33. The van der Waals surface area contributed by atoms with Gasteiger partial charge in [0.05, 0.1) is 11.4 Å². The Bertz CT molecular complexity index is 670. The molecular formula is C18H27FN2O3S. The first kappa shape index (κ1) is 19.8. The summed E-state index contributed by atoms with van der Waals surface area (Å²) in [6, 6.07) is 4.58. The van der Waals surface area contributed by atoms with Crippen molar-refractivity contribution in [1.29, 1.82) is 0 Å². The molecule has 1 N–H and O–H groups in total. The van der Waals surface area contributed by atoms with E-state index in [1.165, 1.54) is 16.4 Å². The molecule has 0 bridgehead atoms. The van der Waals surface area contributed by atoms with Crippen LogP contribution in [0.5, 0.6) is 0 Å². The zero-order chi connectivity index (χ0) is 18.4. The van der Waals surface area contributed by atoms with Crippen molar-refractivity contribution >= 4 is 15.9 Å². The fourth-order valence-electron chi connectivity index (χ4n) is 3.09. The van der Waals surface area contributed by atoms with Crippen molar-refractivity contribution in [2.45, 2.75) is 69.4 Å². The van der Waals surface area contributed by atoms with Crippen molar-refractivity contribution < 1.29 is 17.6 Å². The van der Waals surface area contributed by atoms with Gasteiger partial charge in [0.15, 0.2) is 0 Å². The van der Waals surface area contributed by atoms with E-state index in [1.807, 2.05) is 13.8 Å². The van der Waals surface area contributed by atoms with E-state index >= 15 is 0 Å². The van der Waals surface area contributed by atoms with Crippen LogP contribution in [-0.2, 0) is 14.8 Å². The maximum atomic E-state index is 13.2. The first-order chi connectivity index (χ1) is 11.8. The highest BCUT2D eigenvalue weighted by molar-refractivity contribution is 7.89. The summed E-state index contributed by atoms with van der Waals surface area (Å²) in [6.07, 6.45) is 5.26. The molecule has 0 radical (unpaired) electrons. The van der Waals surface area contributed by atoms with Crippen LogP contribution in [0, 0.1) is 5.82 Å². The molecule has 1 aromatic rings. The normalized spacial score (nSPS) is 17.4. The van der Waals surface area contributed by atoms with Crippen molar-refractivity contribution in [3.8, 4) is 0 Å². The number of hydrogen-bond acceptors (Lipinski definition) is 3. The number of carbonyl (C=O) groups excluding carboxylic acids is 1. The van der Waals surface area contributed by atoms with Crippen molar-refractivity contribution in [1.82, 2.24) is 9.62 Å². The molecule has 1 aliphatic carbocycles. The standard InChI is InChI=1S/C18H27FN2O3S/c1-3-14(2)20-18(22)13-21(16-7-5-4-6-8-16)25(23,24)17-11-9-15(19)10-12-17/h9-12,14,16H,3-8,13H2,1-2H3,(H,20,22). The number of benzene rings is 1. The molecule has 2 rings (SSSR count). The molecule has 0 saturated heterocycles. The number of amides is 1. The molecule has 0 aliphatic heterocycles. The molecule has 1 amide bonds. The summed E-state index contributed by atoms with van der Waals surface area (Å²) in [7, 11) is -3.85. The largest absolute Gasteiger partial charge is 0.353 e. The van der Waals surface area contributed by atoms with Crippen LogP contribution in [-0.4, -0.2) is 37.3 Å². The lowest BCUT2D eigenvalue weighted by molar-refractivity contribution is -0.122. The molecule has 5 nitrogen and oxygen atoms in total. The smallest absolute Gasteiger partial charge is 0.243 e. The molecule has 1 unspecified atom stereocenters. The fourth-order valence-corrected chi connectivity index (χ4v) is 4.73. The van der Waals surface area contributed by atoms with Gasteiger partial charge < -0.3 is 5.32 Å². The maximum absolute atomic E-state index is 13.2. The van der Waals surface area contributed by atoms with Gasteiger partial charge in [-0.1, -0.05) is 26.2 Å². The number of nitrogens with one attached hydrogen (secondary N) is 1. The summed E-state index contributed by atoms with van der Waals surface area (Å²) in [5, 5.41) is 2.83. The Hall–Kier alpha value is -1.47. The second-order valence-electron chi connectivity index (χ2n) is 6.67. The first-order valence-electron chi connectivity index (χ1n) is 8.91. The topological polar surface area (TPSA) is 66.5 Å². The number of carbonyl (C=O) groups is 1. The maximum Gasteiger partial charge on any atom is 0.243 e. The summed E-state index contributed by atoms with van der Waals surface area (Å²) in [4.78, 5) is 12.3. The molecule has 1 fully saturated rings. The Morgan fingerprint density at radius 1 is 1.24 bits per heavy atom. The molecule has 1 saturated carbocycles. The monoisotopic (exact) mass is 370 g/mol. The number of sulfonamides is 1. The minimum atomic E-state index is -3.85. The molecule has 0 heterocycles. The first-order valence-corrected chi connectivity index (χ1v) is 10.4. The van der Waals surface area contributed by atoms with Crippen LogP contribution in [0.15, 0.2) is 29.2 Å². The molecular weight excluding hydrogens is 343 g/mol. The number of nitrogens with zero attached hydrogens (tertiary/aromatic N) is 1. The molecule has 1 atom stereocenters. The Labute approximate surface area is 149 Å². The summed E-state index contributed by atoms with van der Waals surface area (Å²) in [5.41, 5.74) is 0. The van der Waals surface area contributed by atoms with Gasteiger partial charge in [0.2, 0.25) is 15.9 Å². The summed E-state index contributed by atoms with van der Waals surface area (Å²) in [5.74, 6) is -0.789. The fraction of sp³-hybridized carbons (Fsp3) is 0.611. The van der Waals surface area contributed by atoms with Crippen LogP contribution in [0.2, 0.25) is 0 Å². The van der Waals surface area contributed by atoms with Gasteiger partial charge >= 0.3 is 0 Å². The van der Waals surface area contributed by atoms with E-state index in [4.69, 9.17) is 0 Å². The Balaban J connectivity index is 2.26. The van der Waals surface area contributed by atoms with E-state index < -0.39 is 15.8 Å². The van der Waals surface area contributed by atoms with Gasteiger partial charge in [-0.3, -0.25) is 4.79 Å². The molecule has 1 aromatic carbocycles. The Morgan fingerprint density at radius 2 is 1.84 bits per heavy atom. The number of halogens is 1. The van der Waals surface area contributed by atoms with Crippen molar-refractivity contribution in [2.75, 3.05) is 6.54 Å². The minimum absolute atomic E-state index is 0.00534. The number of rotatable bonds is 7. The summed E-state index contributed by atoms with van der Waals surface area (Å²) >= 11 is 0. The van der Waals surface area contributed by atoms with Crippen LogP contribution in [0.1, 0.15) is 52.4 Å². The predicted molar refractivity (Wildman–Crippen MR) is 95.1 cm³/mol. The third-order valence-corrected chi connectivity index (χ3v) is 6.63. The highest BCUT2D eigenvalue weighted by Crippen LogP contribution is 2.27. The zero-order valence-electron chi connectivity index (χ0n) is 14.9. The lowest BCUT2D eigenvalue weighted by atomic mass is 9.95. The molecule has 25 heavy (non-hydrogen) atoms. The van der Waals surface area contributed by atoms with E-state index in [1.54, 1.807) is 0 Å². The molecule has 140 valence electrons. The van der Waals surface area contributed by atoms with Crippen molar-refractivity contribution in [2.24, 2.45) is 0 Å². The van der Waals surface area contributed by atoms with Gasteiger partial charge in [0.25, 0.3) is 0 Å². The summed E-state index contributed by atoms with van der Waals surface area (Å²) < 4.78 is 40.6. The molecule has 0 spiro atoms. The van der Waals surface area contributed by atoms with Gasteiger partial charge in [-0.2, -0.15) is 4.31 Å². The van der Waals surface area contributed by atoms with Crippen LogP contribution in [0.25, 0.3) is 0 Å². The highest BCUT2D eigenvalue weighted by Gasteiger charge is 2.34. The van der Waals surface area contributed by atoms with E-state index in [9.17, 15) is 17.6 Å². The molecule has 0 aromatic heterocycles. The van der Waals surface area contributed by atoms with Crippen LogP contribution in [0.4, 0.5) is 4.39 Å². The van der Waals surface area contributed by atoms with Crippen LogP contribution in [0.3, 0.4) is 0 Å². The van der Waals surface area contributed by atoms with Gasteiger partial charge in [-0.25, -0.2) is 12.8 Å². The van der Waals surface area contributed by atoms with Gasteiger partial charge in [0, 0.05) is 12.1 Å². The second kappa shape index (κ2) is 8.76. The summed E-state index contributed by atoms with van der Waals surface area (Å²) in [6.45, 7) is 3.64. The van der Waals surface area contributed by atoms with Gasteiger partial charge in [-0.15, -0.1) is 0 Å². The van der Waals surface area contributed by atoms with E-state index in [-0.39, 0.29) is 29.4 Å². The zero-order valence-corrected chi connectivity index (χ0v) is 15.7. The SMILES string of the molecule is CCC(C)NC(=O)CN(C1CCCCC1)S(=O)(=O)c1ccc(F)cc1. The van der Waals surface area contributed by atoms with E-state index in [2.05, 4.69) is 5.32 Å². The third kappa shape index (κ3) is 5.25. The minimum Gasteiger partial charge on any atom is -0.353 e. The van der Waals surface area contributed by atoms with Crippen LogP contribution < -0.4 is 5.32 Å². The highest BCUT2D eigenvalue weighted by atomic mass is 32.2. The molecule has 1 aliphatic rings. The van der Waals surface area contributed by atoms with Crippen LogP contribution >= 0.6 is 0 Å². The van der Waals surface area contributed by atoms with E-state index in [0.29, 0.717) is 0 Å². The van der Waals surface area contributed by atoms with Gasteiger partial charge in [0.1, 0.15) is 5.82 Å². The predicted octanol–water partition coefficient (Wildman–Crippen LogP) is 3.06. The Kier molecular flexibility index (Phi) is 6.95. The average molecular weight is 370 g/mol. The quantitative estimate of drug-likeness (QED) is 0.802. The third-order valence-electron chi connectivity index (χ3n) is 4.72. The second-order valence-corrected chi connectivity index (χ2v) is 8.56. The van der Waals surface area contributed by atoms with Gasteiger partial charge in [-0.05, 0) is 50.5 Å². The van der Waals surface area contributed by atoms with Crippen molar-refractivity contribution in [3.63, 3.8) is 0 Å². The van der Waals surface area contributed by atoms with E-state index in [0.717, 1.165) is 50.7 Å². The molecule has 7 heteroatoms. The average Bonchev–Trinajstić information content (AvgIpc) is 2.60. The number of hydrogen-bond donors (Lipinski definition) is 1.